The highest BCUT2D eigenvalue weighted by molar-refractivity contribution is 6.10. The fourth-order valence-electron chi connectivity index (χ4n) is 4.89. The molecule has 3 aromatic carbocycles. The molecule has 0 saturated carbocycles. The van der Waals surface area contributed by atoms with Crippen LogP contribution in [0.2, 0.25) is 0 Å². The first-order valence-electron chi connectivity index (χ1n) is 9.83. The van der Waals surface area contributed by atoms with E-state index in [0.29, 0.717) is 0 Å². The van der Waals surface area contributed by atoms with Gasteiger partial charge in [-0.2, -0.15) is 0 Å². The van der Waals surface area contributed by atoms with Crippen molar-refractivity contribution in [3.05, 3.63) is 101 Å². The first-order chi connectivity index (χ1) is 14.1. The van der Waals surface area contributed by atoms with Gasteiger partial charge in [-0.3, -0.25) is 4.79 Å². The zero-order valence-corrected chi connectivity index (χ0v) is 16.3. The number of hydrogen-bond donors (Lipinski definition) is 0. The van der Waals surface area contributed by atoms with Gasteiger partial charge in [-0.1, -0.05) is 60.2 Å². The van der Waals surface area contributed by atoms with E-state index in [2.05, 4.69) is 48.4 Å². The second kappa shape index (κ2) is 5.58. The molecule has 0 radical (unpaired) electrons. The normalized spacial score (nSPS) is 23.7. The number of anilines is 2. The number of aryl methyl sites for hydroxylation is 1. The maximum Gasteiger partial charge on any atom is 0.268 e. The average molecular weight is 380 g/mol. The van der Waals surface area contributed by atoms with E-state index in [4.69, 9.17) is 4.74 Å². The van der Waals surface area contributed by atoms with E-state index in [1.54, 1.807) is 4.90 Å². The molecule has 0 bridgehead atoms. The molecule has 4 heteroatoms. The Hall–Kier alpha value is -3.37. The SMILES string of the molecule is Cc1ccc2c(c1)[C@]1(O[C@H]3c4ccccc4C=CN3c3ccccc31)C(=O)N2C. The third-order valence-corrected chi connectivity index (χ3v) is 6.28. The average Bonchev–Trinajstić information content (AvgIpc) is 2.96. The molecule has 0 aliphatic carbocycles. The van der Waals surface area contributed by atoms with E-state index in [9.17, 15) is 4.79 Å². The summed E-state index contributed by atoms with van der Waals surface area (Å²) in [5, 5.41) is 0. The molecule has 29 heavy (non-hydrogen) atoms. The highest BCUT2D eigenvalue weighted by atomic mass is 16.5. The number of para-hydroxylation sites is 1. The number of carbonyl (C=O) groups excluding carboxylic acids is 1. The topological polar surface area (TPSA) is 32.8 Å². The van der Waals surface area contributed by atoms with E-state index in [-0.39, 0.29) is 12.1 Å². The van der Waals surface area contributed by atoms with Crippen LogP contribution in [0, 0.1) is 6.92 Å². The van der Waals surface area contributed by atoms with E-state index in [1.807, 2.05) is 49.5 Å². The number of carbonyl (C=O) groups is 1. The van der Waals surface area contributed by atoms with Crippen LogP contribution in [0.3, 0.4) is 0 Å². The second-order valence-corrected chi connectivity index (χ2v) is 7.91. The van der Waals surface area contributed by atoms with Crippen molar-refractivity contribution in [1.29, 1.82) is 0 Å². The third-order valence-electron chi connectivity index (χ3n) is 6.28. The summed E-state index contributed by atoms with van der Waals surface area (Å²) in [6, 6.07) is 22.5. The molecule has 0 N–H and O–H groups in total. The summed E-state index contributed by atoms with van der Waals surface area (Å²) < 4.78 is 6.84. The van der Waals surface area contributed by atoms with Crippen LogP contribution in [0.1, 0.15) is 34.0 Å². The van der Waals surface area contributed by atoms with Crippen LogP contribution >= 0.6 is 0 Å². The summed E-state index contributed by atoms with van der Waals surface area (Å²) in [7, 11) is 1.83. The van der Waals surface area contributed by atoms with Gasteiger partial charge in [-0.25, -0.2) is 0 Å². The van der Waals surface area contributed by atoms with Gasteiger partial charge in [0.2, 0.25) is 5.60 Å². The Balaban J connectivity index is 1.68. The van der Waals surface area contributed by atoms with Crippen molar-refractivity contribution in [2.24, 2.45) is 0 Å². The summed E-state index contributed by atoms with van der Waals surface area (Å²) in [6.45, 7) is 2.05. The molecular formula is C25H20N2O2. The van der Waals surface area contributed by atoms with Gasteiger partial charge in [0.1, 0.15) is 0 Å². The van der Waals surface area contributed by atoms with E-state index < -0.39 is 5.60 Å². The number of ether oxygens (including phenoxy) is 1. The van der Waals surface area contributed by atoms with Crippen molar-refractivity contribution in [2.45, 2.75) is 18.8 Å². The Morgan fingerprint density at radius 1 is 0.931 bits per heavy atom. The lowest BCUT2D eigenvalue weighted by Gasteiger charge is -2.46. The molecule has 6 rings (SSSR count). The molecule has 2 atom stereocenters. The molecular weight excluding hydrogens is 360 g/mol. The van der Waals surface area contributed by atoms with Gasteiger partial charge < -0.3 is 14.5 Å². The summed E-state index contributed by atoms with van der Waals surface area (Å²) in [6.07, 6.45) is 3.79. The fraction of sp³-hybridized carbons (Fsp3) is 0.160. The Bertz CT molecular complexity index is 1210. The van der Waals surface area contributed by atoms with E-state index >= 15 is 0 Å². The second-order valence-electron chi connectivity index (χ2n) is 7.91. The van der Waals surface area contributed by atoms with Gasteiger partial charge in [0.05, 0.1) is 11.4 Å². The van der Waals surface area contributed by atoms with Gasteiger partial charge >= 0.3 is 0 Å². The van der Waals surface area contributed by atoms with Crippen molar-refractivity contribution in [3.8, 4) is 0 Å². The lowest BCUT2D eigenvalue weighted by molar-refractivity contribution is -0.147. The minimum atomic E-state index is -1.15. The lowest BCUT2D eigenvalue weighted by Crippen LogP contribution is -2.49. The van der Waals surface area contributed by atoms with Crippen molar-refractivity contribution >= 4 is 23.4 Å². The van der Waals surface area contributed by atoms with Crippen LogP contribution < -0.4 is 9.80 Å². The molecule has 3 aromatic rings. The largest absolute Gasteiger partial charge is 0.328 e. The summed E-state index contributed by atoms with van der Waals surface area (Å²) in [5.41, 5.74) is 5.87. The van der Waals surface area contributed by atoms with Gasteiger partial charge in [0.25, 0.3) is 5.91 Å². The number of nitrogens with zero attached hydrogens (tertiary/aromatic N) is 2. The van der Waals surface area contributed by atoms with Crippen molar-refractivity contribution < 1.29 is 9.53 Å². The van der Waals surface area contributed by atoms with Crippen LogP contribution in [0.15, 0.2) is 72.9 Å². The van der Waals surface area contributed by atoms with Gasteiger partial charge in [0.15, 0.2) is 6.23 Å². The van der Waals surface area contributed by atoms with Crippen molar-refractivity contribution in [3.63, 3.8) is 0 Å². The molecule has 0 fully saturated rings. The smallest absolute Gasteiger partial charge is 0.268 e. The standard InChI is InChI=1S/C25H20N2O2/c1-16-11-12-21-20(15-16)25(24(28)26(21)2)19-9-5-6-10-22(19)27-14-13-17-7-3-4-8-18(17)23(27)29-25/h3-15,23H,1-2H3/t23-,25-/m0/s1. The monoisotopic (exact) mass is 380 g/mol. The van der Waals surface area contributed by atoms with Crippen LogP contribution in [0.4, 0.5) is 11.4 Å². The molecule has 0 aromatic heterocycles. The maximum absolute atomic E-state index is 13.8. The maximum atomic E-state index is 13.8. The molecule has 3 heterocycles. The predicted octanol–water partition coefficient (Wildman–Crippen LogP) is 4.73. The summed E-state index contributed by atoms with van der Waals surface area (Å²) in [4.78, 5) is 17.6. The van der Waals surface area contributed by atoms with Crippen LogP contribution in [0.5, 0.6) is 0 Å². The number of rotatable bonds is 0. The number of amides is 1. The molecule has 3 aliphatic heterocycles. The highest BCUT2D eigenvalue weighted by Gasteiger charge is 2.58. The predicted molar refractivity (Wildman–Crippen MR) is 114 cm³/mol. The van der Waals surface area contributed by atoms with Crippen molar-refractivity contribution in [1.82, 2.24) is 0 Å². The molecule has 1 amide bonds. The lowest BCUT2D eigenvalue weighted by atomic mass is 9.82. The molecule has 142 valence electrons. The number of likely N-dealkylation sites (N-methyl/N-ethyl adjacent to an activating group) is 1. The minimum Gasteiger partial charge on any atom is -0.328 e. The van der Waals surface area contributed by atoms with Crippen molar-refractivity contribution in [2.75, 3.05) is 16.8 Å². The Morgan fingerprint density at radius 2 is 1.72 bits per heavy atom. The minimum absolute atomic E-state index is 0.0442. The van der Waals surface area contributed by atoms with Crippen LogP contribution in [0.25, 0.3) is 6.08 Å². The summed E-state index contributed by atoms with van der Waals surface area (Å²) in [5.74, 6) is -0.0442. The summed E-state index contributed by atoms with van der Waals surface area (Å²) >= 11 is 0. The van der Waals surface area contributed by atoms with E-state index in [0.717, 1.165) is 39.2 Å². The van der Waals surface area contributed by atoms with Crippen LogP contribution in [-0.4, -0.2) is 13.0 Å². The van der Waals surface area contributed by atoms with E-state index in [1.165, 1.54) is 0 Å². The first-order valence-corrected chi connectivity index (χ1v) is 9.83. The molecule has 3 aliphatic rings. The molecule has 4 nitrogen and oxygen atoms in total. The zero-order valence-electron chi connectivity index (χ0n) is 16.3. The quantitative estimate of drug-likeness (QED) is 0.565. The molecule has 0 unspecified atom stereocenters. The molecule has 0 saturated heterocycles. The molecule has 1 spiro atoms. The van der Waals surface area contributed by atoms with Crippen LogP contribution in [-0.2, 0) is 15.1 Å². The third kappa shape index (κ3) is 1.99. The first kappa shape index (κ1) is 16.6. The Kier molecular flexibility index (Phi) is 3.19. The van der Waals surface area contributed by atoms with Gasteiger partial charge in [-0.15, -0.1) is 0 Å². The fourth-order valence-corrected chi connectivity index (χ4v) is 4.89. The highest BCUT2D eigenvalue weighted by Crippen LogP contribution is 2.56. The number of hydrogen-bond acceptors (Lipinski definition) is 3. The van der Waals surface area contributed by atoms with Gasteiger partial charge in [-0.05, 0) is 30.7 Å². The zero-order chi connectivity index (χ0) is 19.8. The number of benzene rings is 3. The Labute approximate surface area is 169 Å². The van der Waals surface area contributed by atoms with Gasteiger partial charge in [0, 0.05) is 29.9 Å². The number of fused-ring (bicyclic) bond motifs is 8. The Morgan fingerprint density at radius 3 is 2.62 bits per heavy atom.